The molecule has 0 saturated heterocycles. The second-order valence-electron chi connectivity index (χ2n) is 13.0. The lowest BCUT2D eigenvalue weighted by Gasteiger charge is -2.13. The van der Waals surface area contributed by atoms with Gasteiger partial charge in [0.1, 0.15) is 5.65 Å². The van der Waals surface area contributed by atoms with Gasteiger partial charge in [-0.05, 0) is 92.3 Å². The molecule has 0 unspecified atom stereocenters. The lowest BCUT2D eigenvalue weighted by Crippen LogP contribution is -2.06. The normalized spacial score (nSPS) is 12.0. The number of benzene rings is 8. The molecule has 0 aliphatic rings. The second kappa shape index (κ2) is 10.4. The molecule has 0 atom stereocenters. The van der Waals surface area contributed by atoms with Crippen molar-refractivity contribution in [2.24, 2.45) is 0 Å². The maximum atomic E-state index is 5.40. The zero-order valence-corrected chi connectivity index (χ0v) is 27.0. The van der Waals surface area contributed by atoms with E-state index in [0.29, 0.717) is 0 Å². The Kier molecular flexibility index (Phi) is 5.63. The molecular formula is C46H28N4. The minimum atomic E-state index is 0.822. The Morgan fingerprint density at radius 1 is 0.360 bits per heavy atom. The Labute approximate surface area is 287 Å². The van der Waals surface area contributed by atoms with Crippen molar-refractivity contribution in [1.82, 2.24) is 18.9 Å². The molecule has 232 valence electrons. The highest BCUT2D eigenvalue weighted by Gasteiger charge is 2.21. The van der Waals surface area contributed by atoms with Crippen molar-refractivity contribution >= 4 is 70.9 Å². The van der Waals surface area contributed by atoms with Crippen LogP contribution in [0.2, 0.25) is 0 Å². The number of aromatic nitrogens is 4. The van der Waals surface area contributed by atoms with Gasteiger partial charge in [0, 0.05) is 16.2 Å². The van der Waals surface area contributed by atoms with Gasteiger partial charge in [-0.15, -0.1) is 0 Å². The van der Waals surface area contributed by atoms with Crippen molar-refractivity contribution in [1.29, 1.82) is 0 Å². The van der Waals surface area contributed by atoms with Gasteiger partial charge in [0.25, 0.3) is 0 Å². The van der Waals surface area contributed by atoms with E-state index in [1.807, 2.05) is 6.07 Å². The standard InChI is InChI=1S/C46H28N4/c1-3-15-33-29(11-1)13-9-18-35(33)31-23-25-42-38(27-31)39-28-32(36-19-10-14-30-12-2-4-16-34(30)36)24-26-43(39)49(42)46-48-40-20-6-5-17-37(40)45-47-41-21-7-8-22-44(41)50(45)46/h1-28H. The fourth-order valence-corrected chi connectivity index (χ4v) is 8.01. The third-order valence-electron chi connectivity index (χ3n) is 10.3. The van der Waals surface area contributed by atoms with E-state index in [0.717, 1.165) is 44.6 Å². The van der Waals surface area contributed by atoms with Gasteiger partial charge in [0.2, 0.25) is 5.95 Å². The summed E-state index contributed by atoms with van der Waals surface area (Å²) in [7, 11) is 0. The zero-order valence-electron chi connectivity index (χ0n) is 27.0. The minimum absolute atomic E-state index is 0.822. The molecule has 0 amide bonds. The number of nitrogens with zero attached hydrogens (tertiary/aromatic N) is 4. The highest BCUT2D eigenvalue weighted by molar-refractivity contribution is 6.13. The van der Waals surface area contributed by atoms with Crippen LogP contribution in [0.3, 0.4) is 0 Å². The van der Waals surface area contributed by atoms with E-state index in [1.54, 1.807) is 0 Å². The van der Waals surface area contributed by atoms with Gasteiger partial charge < -0.3 is 0 Å². The molecule has 4 nitrogen and oxygen atoms in total. The zero-order chi connectivity index (χ0) is 32.8. The van der Waals surface area contributed by atoms with Gasteiger partial charge in [-0.1, -0.05) is 121 Å². The van der Waals surface area contributed by atoms with Crippen LogP contribution in [0.4, 0.5) is 0 Å². The van der Waals surface area contributed by atoms with Crippen molar-refractivity contribution in [2.45, 2.75) is 0 Å². The van der Waals surface area contributed by atoms with Gasteiger partial charge in [-0.25, -0.2) is 9.97 Å². The summed E-state index contributed by atoms with van der Waals surface area (Å²) in [6, 6.07) is 60.9. The highest BCUT2D eigenvalue weighted by atomic mass is 15.2. The molecule has 0 bridgehead atoms. The summed E-state index contributed by atoms with van der Waals surface area (Å²) in [5.41, 5.74) is 10.8. The Bertz CT molecular complexity index is 3020. The van der Waals surface area contributed by atoms with Gasteiger partial charge in [-0.3, -0.25) is 8.97 Å². The first-order chi connectivity index (χ1) is 24.8. The first-order valence-corrected chi connectivity index (χ1v) is 17.0. The summed E-state index contributed by atoms with van der Waals surface area (Å²) in [4.78, 5) is 10.5. The summed E-state index contributed by atoms with van der Waals surface area (Å²) >= 11 is 0. The smallest absolute Gasteiger partial charge is 0.221 e. The van der Waals surface area contributed by atoms with Crippen molar-refractivity contribution in [3.8, 4) is 28.2 Å². The lowest BCUT2D eigenvalue weighted by molar-refractivity contribution is 0.979. The van der Waals surface area contributed by atoms with Crippen molar-refractivity contribution < 1.29 is 0 Å². The van der Waals surface area contributed by atoms with Crippen LogP contribution in [-0.2, 0) is 0 Å². The Balaban J connectivity index is 1.27. The van der Waals surface area contributed by atoms with Crippen molar-refractivity contribution in [3.05, 3.63) is 170 Å². The summed E-state index contributed by atoms with van der Waals surface area (Å²) in [6.45, 7) is 0. The molecular weight excluding hydrogens is 609 g/mol. The summed E-state index contributed by atoms with van der Waals surface area (Å²) in [6.07, 6.45) is 0. The molecule has 0 saturated carbocycles. The topological polar surface area (TPSA) is 35.1 Å². The first-order valence-electron chi connectivity index (χ1n) is 17.0. The van der Waals surface area contributed by atoms with E-state index < -0.39 is 0 Å². The summed E-state index contributed by atoms with van der Waals surface area (Å²) < 4.78 is 4.56. The molecule has 11 aromatic rings. The average Bonchev–Trinajstić information content (AvgIpc) is 3.73. The van der Waals surface area contributed by atoms with Crippen molar-refractivity contribution in [2.75, 3.05) is 0 Å². The quantitative estimate of drug-likeness (QED) is 0.193. The SMILES string of the molecule is c1ccc2c(-c3ccc4c(c3)c3cc(-c5cccc6ccccc56)ccc3n4-c3nc4ccccc4c4nc5ccccc5n34)cccc2c1. The first kappa shape index (κ1) is 27.2. The molecule has 0 aliphatic carbocycles. The molecule has 0 aliphatic heterocycles. The van der Waals surface area contributed by atoms with E-state index in [9.17, 15) is 0 Å². The van der Waals surface area contributed by atoms with E-state index in [4.69, 9.17) is 9.97 Å². The van der Waals surface area contributed by atoms with E-state index in [-0.39, 0.29) is 0 Å². The number of hydrogen-bond donors (Lipinski definition) is 0. The number of rotatable bonds is 3. The second-order valence-corrected chi connectivity index (χ2v) is 13.0. The van der Waals surface area contributed by atoms with Gasteiger partial charge in [0.05, 0.1) is 27.6 Å². The number of imidazole rings is 1. The molecule has 50 heavy (non-hydrogen) atoms. The summed E-state index contributed by atoms with van der Waals surface area (Å²) in [5, 5.41) is 8.36. The van der Waals surface area contributed by atoms with E-state index in [2.05, 4.69) is 173 Å². The van der Waals surface area contributed by atoms with Gasteiger partial charge >= 0.3 is 0 Å². The molecule has 0 N–H and O–H groups in total. The summed E-state index contributed by atoms with van der Waals surface area (Å²) in [5.74, 6) is 0.822. The largest absolute Gasteiger partial charge is 0.279 e. The van der Waals surface area contributed by atoms with Gasteiger partial charge in [0.15, 0.2) is 0 Å². The Morgan fingerprint density at radius 3 is 1.52 bits per heavy atom. The molecule has 4 heteroatoms. The molecule has 0 radical (unpaired) electrons. The number of para-hydroxylation sites is 3. The fourth-order valence-electron chi connectivity index (χ4n) is 8.01. The van der Waals surface area contributed by atoms with Crippen LogP contribution in [-0.4, -0.2) is 18.9 Å². The van der Waals surface area contributed by atoms with Crippen LogP contribution < -0.4 is 0 Å². The Hall–Kier alpha value is -6.78. The van der Waals surface area contributed by atoms with Crippen LogP contribution in [0.1, 0.15) is 0 Å². The minimum Gasteiger partial charge on any atom is -0.279 e. The van der Waals surface area contributed by atoms with Crippen LogP contribution in [0, 0.1) is 0 Å². The van der Waals surface area contributed by atoms with Crippen LogP contribution in [0.15, 0.2) is 170 Å². The van der Waals surface area contributed by atoms with Crippen LogP contribution in [0.25, 0.3) is 99.1 Å². The number of fused-ring (bicyclic) bond motifs is 10. The Morgan fingerprint density at radius 2 is 0.880 bits per heavy atom. The highest BCUT2D eigenvalue weighted by Crippen LogP contribution is 2.40. The van der Waals surface area contributed by atoms with Crippen LogP contribution >= 0.6 is 0 Å². The monoisotopic (exact) mass is 636 g/mol. The third kappa shape index (κ3) is 3.87. The third-order valence-corrected chi connectivity index (χ3v) is 10.3. The molecule has 0 fully saturated rings. The fraction of sp³-hybridized carbons (Fsp3) is 0. The average molecular weight is 637 g/mol. The molecule has 0 spiro atoms. The molecule has 11 rings (SSSR count). The van der Waals surface area contributed by atoms with Gasteiger partial charge in [-0.2, -0.15) is 0 Å². The molecule has 3 aromatic heterocycles. The maximum absolute atomic E-state index is 5.40. The van der Waals surface area contributed by atoms with Crippen LogP contribution in [0.5, 0.6) is 0 Å². The molecule has 3 heterocycles. The number of hydrogen-bond acceptors (Lipinski definition) is 2. The predicted molar refractivity (Wildman–Crippen MR) is 208 cm³/mol. The lowest BCUT2D eigenvalue weighted by atomic mass is 9.95. The molecule has 8 aromatic carbocycles. The van der Waals surface area contributed by atoms with Crippen molar-refractivity contribution in [3.63, 3.8) is 0 Å². The predicted octanol–water partition coefficient (Wildman–Crippen LogP) is 11.8. The maximum Gasteiger partial charge on any atom is 0.221 e. The van der Waals surface area contributed by atoms with E-state index in [1.165, 1.54) is 54.6 Å². The van der Waals surface area contributed by atoms with E-state index >= 15 is 0 Å².